The Labute approximate surface area is 94.5 Å². The minimum Gasteiger partial charge on any atom is -0.468 e. The summed E-state index contributed by atoms with van der Waals surface area (Å²) in [6, 6.07) is -1.000. The molecule has 0 saturated carbocycles. The molecule has 1 saturated heterocycles. The van der Waals surface area contributed by atoms with E-state index in [-0.39, 0.29) is 24.6 Å². The summed E-state index contributed by atoms with van der Waals surface area (Å²) in [5.41, 5.74) is 0. The summed E-state index contributed by atoms with van der Waals surface area (Å²) in [6.07, 6.45) is -1.38. The van der Waals surface area contributed by atoms with Gasteiger partial charge >= 0.3 is 5.97 Å². The number of rotatable bonds is 3. The Kier molecular flexibility index (Phi) is 4.26. The highest BCUT2D eigenvalue weighted by Crippen LogP contribution is 2.14. The lowest BCUT2D eigenvalue weighted by Gasteiger charge is -2.33. The number of carbonyl (C=O) groups is 1. The minimum atomic E-state index is -3.02. The third kappa shape index (κ3) is 3.15. The Balaban J connectivity index is 2.71. The second-order valence-corrected chi connectivity index (χ2v) is 6.14. The van der Waals surface area contributed by atoms with E-state index in [1.54, 1.807) is 0 Å². The maximum atomic E-state index is 13.3. The molecular weight excluding hydrogens is 237 g/mol. The molecule has 0 radical (unpaired) electrons. The first-order valence-electron chi connectivity index (χ1n) is 5.04. The van der Waals surface area contributed by atoms with Crippen LogP contribution in [0.15, 0.2) is 0 Å². The van der Waals surface area contributed by atoms with Crippen molar-refractivity contribution in [2.45, 2.75) is 19.1 Å². The number of ether oxygens (including phenoxy) is 1. The predicted molar refractivity (Wildman–Crippen MR) is 56.6 cm³/mol. The summed E-state index contributed by atoms with van der Waals surface area (Å²) in [5, 5.41) is 0. The van der Waals surface area contributed by atoms with E-state index >= 15 is 0 Å². The van der Waals surface area contributed by atoms with Crippen molar-refractivity contribution >= 4 is 15.8 Å². The van der Waals surface area contributed by atoms with Crippen LogP contribution in [0, 0.1) is 0 Å². The molecule has 0 spiro atoms. The van der Waals surface area contributed by atoms with Gasteiger partial charge in [-0.2, -0.15) is 0 Å². The van der Waals surface area contributed by atoms with E-state index in [2.05, 4.69) is 4.74 Å². The molecule has 16 heavy (non-hydrogen) atoms. The van der Waals surface area contributed by atoms with Crippen LogP contribution in [0.3, 0.4) is 0 Å². The maximum absolute atomic E-state index is 13.3. The zero-order valence-electron chi connectivity index (χ0n) is 9.35. The van der Waals surface area contributed by atoms with Crippen molar-refractivity contribution in [3.63, 3.8) is 0 Å². The van der Waals surface area contributed by atoms with Gasteiger partial charge < -0.3 is 4.74 Å². The van der Waals surface area contributed by atoms with Crippen molar-refractivity contribution in [3.8, 4) is 0 Å². The van der Waals surface area contributed by atoms with Crippen LogP contribution in [-0.4, -0.2) is 63.2 Å². The van der Waals surface area contributed by atoms with E-state index in [0.717, 1.165) is 0 Å². The van der Waals surface area contributed by atoms with E-state index in [1.165, 1.54) is 18.9 Å². The summed E-state index contributed by atoms with van der Waals surface area (Å²) in [4.78, 5) is 12.9. The Morgan fingerprint density at radius 3 is 2.25 bits per heavy atom. The highest BCUT2D eigenvalue weighted by atomic mass is 32.2. The van der Waals surface area contributed by atoms with Crippen molar-refractivity contribution < 1.29 is 22.3 Å². The zero-order valence-corrected chi connectivity index (χ0v) is 10.2. The number of carbonyl (C=O) groups excluding carboxylic acids is 1. The van der Waals surface area contributed by atoms with Gasteiger partial charge in [0.25, 0.3) is 0 Å². The van der Waals surface area contributed by atoms with Crippen LogP contribution in [0.4, 0.5) is 4.39 Å². The van der Waals surface area contributed by atoms with Gasteiger partial charge in [0, 0.05) is 13.1 Å². The molecule has 1 fully saturated rings. The lowest BCUT2D eigenvalue weighted by atomic mass is 10.1. The van der Waals surface area contributed by atoms with Crippen molar-refractivity contribution in [2.75, 3.05) is 31.7 Å². The van der Waals surface area contributed by atoms with E-state index in [0.29, 0.717) is 0 Å². The van der Waals surface area contributed by atoms with E-state index in [4.69, 9.17) is 0 Å². The first kappa shape index (κ1) is 13.4. The largest absolute Gasteiger partial charge is 0.468 e. The number of sulfone groups is 1. The Bertz CT molecular complexity index is 341. The summed E-state index contributed by atoms with van der Waals surface area (Å²) in [7, 11) is -1.83. The average molecular weight is 253 g/mol. The van der Waals surface area contributed by atoms with Gasteiger partial charge in [-0.3, -0.25) is 9.69 Å². The molecular formula is C9H16FNO4S. The fraction of sp³-hybridized carbons (Fsp3) is 0.889. The molecule has 1 unspecified atom stereocenters. The lowest BCUT2D eigenvalue weighted by molar-refractivity contribution is -0.149. The predicted octanol–water partition coefficient (Wildman–Crippen LogP) is -0.384. The molecule has 0 aromatic heterocycles. The van der Waals surface area contributed by atoms with Crippen molar-refractivity contribution in [3.05, 3.63) is 0 Å². The van der Waals surface area contributed by atoms with Gasteiger partial charge in [-0.25, -0.2) is 12.8 Å². The van der Waals surface area contributed by atoms with Crippen LogP contribution in [0.2, 0.25) is 0 Å². The quantitative estimate of drug-likeness (QED) is 0.641. The molecule has 7 heteroatoms. The van der Waals surface area contributed by atoms with Gasteiger partial charge in [-0.1, -0.05) is 0 Å². The Morgan fingerprint density at radius 2 is 1.88 bits per heavy atom. The van der Waals surface area contributed by atoms with Crippen molar-refractivity contribution in [1.82, 2.24) is 4.90 Å². The SMILES string of the molecule is COC(=O)C([C@H](C)F)N1CCS(=O)(=O)CC1. The molecule has 0 amide bonds. The fourth-order valence-corrected chi connectivity index (χ4v) is 2.98. The van der Waals surface area contributed by atoms with Gasteiger partial charge in [-0.05, 0) is 6.92 Å². The summed E-state index contributed by atoms with van der Waals surface area (Å²) >= 11 is 0. The molecule has 0 bridgehead atoms. The molecule has 2 atom stereocenters. The van der Waals surface area contributed by atoms with Gasteiger partial charge in [0.05, 0.1) is 18.6 Å². The molecule has 0 aliphatic carbocycles. The molecule has 0 aromatic carbocycles. The molecule has 1 heterocycles. The van der Waals surface area contributed by atoms with E-state index in [1.807, 2.05) is 0 Å². The van der Waals surface area contributed by atoms with Gasteiger partial charge in [0.1, 0.15) is 12.2 Å². The number of methoxy groups -OCH3 is 1. The lowest BCUT2D eigenvalue weighted by Crippen LogP contribution is -2.53. The summed E-state index contributed by atoms with van der Waals surface area (Å²) < 4.78 is 40.2. The summed E-state index contributed by atoms with van der Waals surface area (Å²) in [5.74, 6) is -0.727. The zero-order chi connectivity index (χ0) is 12.3. The number of hydrogen-bond donors (Lipinski definition) is 0. The minimum absolute atomic E-state index is 0.0345. The number of nitrogens with zero attached hydrogens (tertiary/aromatic N) is 1. The Morgan fingerprint density at radius 1 is 1.38 bits per heavy atom. The summed E-state index contributed by atoms with van der Waals surface area (Å²) in [6.45, 7) is 1.62. The first-order chi connectivity index (χ1) is 7.37. The third-order valence-electron chi connectivity index (χ3n) is 2.65. The first-order valence-corrected chi connectivity index (χ1v) is 6.86. The second kappa shape index (κ2) is 5.09. The highest BCUT2D eigenvalue weighted by molar-refractivity contribution is 7.91. The van der Waals surface area contributed by atoms with E-state index < -0.39 is 28.0 Å². The number of halogens is 1. The van der Waals surface area contributed by atoms with Crippen LogP contribution in [0.5, 0.6) is 0 Å². The molecule has 5 nitrogen and oxygen atoms in total. The van der Waals surface area contributed by atoms with Crippen LogP contribution < -0.4 is 0 Å². The number of hydrogen-bond acceptors (Lipinski definition) is 5. The van der Waals surface area contributed by atoms with E-state index in [9.17, 15) is 17.6 Å². The highest BCUT2D eigenvalue weighted by Gasteiger charge is 2.35. The molecule has 1 rings (SSSR count). The Hall–Kier alpha value is -0.690. The van der Waals surface area contributed by atoms with Crippen molar-refractivity contribution in [2.24, 2.45) is 0 Å². The topological polar surface area (TPSA) is 63.7 Å². The third-order valence-corrected chi connectivity index (χ3v) is 4.26. The molecule has 0 aromatic rings. The fourth-order valence-electron chi connectivity index (χ4n) is 1.75. The smallest absolute Gasteiger partial charge is 0.326 e. The standard InChI is InChI=1S/C9H16FNO4S/c1-7(10)8(9(12)15-2)11-3-5-16(13,14)6-4-11/h7-8H,3-6H2,1-2H3/t7-,8?/m0/s1. The van der Waals surface area contributed by atoms with Crippen molar-refractivity contribution in [1.29, 1.82) is 0 Å². The van der Waals surface area contributed by atoms with Crippen LogP contribution in [0.25, 0.3) is 0 Å². The van der Waals surface area contributed by atoms with Crippen LogP contribution >= 0.6 is 0 Å². The van der Waals surface area contributed by atoms with Crippen LogP contribution in [-0.2, 0) is 19.4 Å². The second-order valence-electron chi connectivity index (χ2n) is 3.83. The van der Waals surface area contributed by atoms with Gasteiger partial charge in [-0.15, -0.1) is 0 Å². The molecule has 0 N–H and O–H groups in total. The van der Waals surface area contributed by atoms with Crippen LogP contribution in [0.1, 0.15) is 6.92 Å². The normalized spacial score (nSPS) is 24.7. The molecule has 94 valence electrons. The number of alkyl halides is 1. The average Bonchev–Trinajstić information content (AvgIpc) is 2.20. The number of esters is 1. The maximum Gasteiger partial charge on any atom is 0.326 e. The molecule has 1 aliphatic rings. The van der Waals surface area contributed by atoms with Gasteiger partial charge in [0.15, 0.2) is 9.84 Å². The monoisotopic (exact) mass is 253 g/mol. The van der Waals surface area contributed by atoms with Gasteiger partial charge in [0.2, 0.25) is 0 Å². The molecule has 1 aliphatic heterocycles.